The second kappa shape index (κ2) is 14.6. The van der Waals surface area contributed by atoms with Crippen molar-refractivity contribution in [1.82, 2.24) is 10.2 Å². The highest BCUT2D eigenvalue weighted by molar-refractivity contribution is 7.92. The van der Waals surface area contributed by atoms with E-state index in [2.05, 4.69) is 5.32 Å². The molecule has 1 aliphatic rings. The van der Waals surface area contributed by atoms with Crippen LogP contribution in [0, 0.1) is 0 Å². The Morgan fingerprint density at radius 2 is 1.57 bits per heavy atom. The van der Waals surface area contributed by atoms with E-state index in [4.69, 9.17) is 34.8 Å². The molecule has 11 heteroatoms. The Morgan fingerprint density at radius 3 is 2.21 bits per heavy atom. The number of hydrogen-bond donors (Lipinski definition) is 1. The van der Waals surface area contributed by atoms with E-state index >= 15 is 0 Å². The van der Waals surface area contributed by atoms with E-state index in [1.54, 1.807) is 24.3 Å². The van der Waals surface area contributed by atoms with Crippen LogP contribution in [0.3, 0.4) is 0 Å². The molecule has 1 N–H and O–H groups in total. The molecule has 4 rings (SSSR count). The molecule has 0 aromatic heterocycles. The average Bonchev–Trinajstić information content (AvgIpc) is 2.95. The summed E-state index contributed by atoms with van der Waals surface area (Å²) in [5.41, 5.74) is 1.60. The molecule has 0 saturated heterocycles. The lowest BCUT2D eigenvalue weighted by Crippen LogP contribution is -2.55. The first-order valence-corrected chi connectivity index (χ1v) is 16.8. The zero-order valence-electron chi connectivity index (χ0n) is 23.3. The van der Waals surface area contributed by atoms with Gasteiger partial charge in [0.25, 0.3) is 0 Å². The summed E-state index contributed by atoms with van der Waals surface area (Å²) >= 11 is 18.9. The molecule has 1 aliphatic carbocycles. The van der Waals surface area contributed by atoms with Gasteiger partial charge in [-0.05, 0) is 48.2 Å². The second-order valence-corrected chi connectivity index (χ2v) is 13.7. The van der Waals surface area contributed by atoms with Crippen LogP contribution in [0.15, 0.2) is 72.8 Å². The van der Waals surface area contributed by atoms with Crippen molar-refractivity contribution in [2.75, 3.05) is 17.1 Å². The maximum absolute atomic E-state index is 14.2. The lowest BCUT2D eigenvalue weighted by atomic mass is 9.94. The summed E-state index contributed by atoms with van der Waals surface area (Å²) in [6.45, 7) is -0.577. The van der Waals surface area contributed by atoms with Gasteiger partial charge in [0, 0.05) is 29.1 Å². The number of nitrogens with zero attached hydrogens (tertiary/aromatic N) is 2. The van der Waals surface area contributed by atoms with Gasteiger partial charge in [-0.1, -0.05) is 103 Å². The largest absolute Gasteiger partial charge is 0.352 e. The van der Waals surface area contributed by atoms with Gasteiger partial charge >= 0.3 is 0 Å². The molecule has 0 bridgehead atoms. The quantitative estimate of drug-likeness (QED) is 0.257. The standard InChI is InChI=1S/C31H34Cl3N3O4S/c1-42(40,41)37(28-17-16-24(32)19-27(28)34)21-30(38)36(20-23-12-8-9-15-26(23)33)29(18-22-10-4-2-5-11-22)31(39)35-25-13-6-3-7-14-25/h2,4-5,8-12,15-17,19,25,29H,3,6-7,13-14,18,20-21H2,1H3,(H,35,39)/t29-/m1/s1. The Bertz CT molecular complexity index is 1500. The molecule has 7 nitrogen and oxygen atoms in total. The summed E-state index contributed by atoms with van der Waals surface area (Å²) in [6.07, 6.45) is 6.17. The number of nitrogens with one attached hydrogen (secondary N) is 1. The SMILES string of the molecule is CS(=O)(=O)N(CC(=O)N(Cc1ccccc1Cl)[C@H](Cc1ccccc1)C(=O)NC1CCCCC1)c1ccc(Cl)cc1Cl. The fourth-order valence-electron chi connectivity index (χ4n) is 5.19. The van der Waals surface area contributed by atoms with Gasteiger partial charge in [-0.15, -0.1) is 0 Å². The summed E-state index contributed by atoms with van der Waals surface area (Å²) in [5.74, 6) is -0.868. The van der Waals surface area contributed by atoms with Crippen LogP contribution in [0.25, 0.3) is 0 Å². The zero-order valence-corrected chi connectivity index (χ0v) is 26.4. The van der Waals surface area contributed by atoms with Crippen LogP contribution in [0.5, 0.6) is 0 Å². The number of hydrogen-bond acceptors (Lipinski definition) is 4. The Kier molecular flexibility index (Phi) is 11.2. The van der Waals surface area contributed by atoms with E-state index in [-0.39, 0.29) is 35.6 Å². The van der Waals surface area contributed by atoms with Crippen molar-refractivity contribution in [3.63, 3.8) is 0 Å². The van der Waals surface area contributed by atoms with Crippen LogP contribution in [0.1, 0.15) is 43.2 Å². The van der Waals surface area contributed by atoms with Crippen molar-refractivity contribution < 1.29 is 18.0 Å². The van der Waals surface area contributed by atoms with Crippen LogP contribution in [0.4, 0.5) is 5.69 Å². The van der Waals surface area contributed by atoms with Gasteiger partial charge in [-0.2, -0.15) is 0 Å². The van der Waals surface area contributed by atoms with Crippen molar-refractivity contribution in [3.8, 4) is 0 Å². The Balaban J connectivity index is 1.74. The fourth-order valence-corrected chi connectivity index (χ4v) is 6.80. The second-order valence-electron chi connectivity index (χ2n) is 10.5. The summed E-state index contributed by atoms with van der Waals surface area (Å²) in [4.78, 5) is 29.6. The summed E-state index contributed by atoms with van der Waals surface area (Å²) in [5, 5.41) is 4.01. The number of rotatable bonds is 11. The first-order valence-electron chi connectivity index (χ1n) is 13.8. The Labute approximate surface area is 262 Å². The molecule has 1 saturated carbocycles. The maximum Gasteiger partial charge on any atom is 0.244 e. The van der Waals surface area contributed by atoms with E-state index < -0.39 is 28.5 Å². The highest BCUT2D eigenvalue weighted by Crippen LogP contribution is 2.31. The number of halogens is 3. The van der Waals surface area contributed by atoms with Gasteiger partial charge < -0.3 is 10.2 Å². The van der Waals surface area contributed by atoms with Gasteiger partial charge in [0.15, 0.2) is 0 Å². The van der Waals surface area contributed by atoms with E-state index in [0.29, 0.717) is 15.6 Å². The number of sulfonamides is 1. The fraction of sp³-hybridized carbons (Fsp3) is 0.355. The number of amides is 2. The molecular formula is C31H34Cl3N3O4S. The first kappa shape index (κ1) is 32.1. The summed E-state index contributed by atoms with van der Waals surface area (Å²) < 4.78 is 26.9. The molecule has 3 aromatic rings. The number of carbonyl (C=O) groups excluding carboxylic acids is 2. The molecule has 1 atom stereocenters. The van der Waals surface area contributed by atoms with Crippen LogP contribution in [0.2, 0.25) is 15.1 Å². The van der Waals surface area contributed by atoms with E-state index in [1.807, 2.05) is 30.3 Å². The van der Waals surface area contributed by atoms with Crippen LogP contribution < -0.4 is 9.62 Å². The summed E-state index contributed by atoms with van der Waals surface area (Å²) in [6, 6.07) is 20.0. The van der Waals surface area contributed by atoms with Gasteiger partial charge in [0.05, 0.1) is 17.0 Å². The molecule has 0 unspecified atom stereocenters. The highest BCUT2D eigenvalue weighted by Gasteiger charge is 2.34. The monoisotopic (exact) mass is 649 g/mol. The van der Waals surface area contributed by atoms with Crippen molar-refractivity contribution >= 4 is 62.3 Å². The predicted molar refractivity (Wildman–Crippen MR) is 170 cm³/mol. The van der Waals surface area contributed by atoms with Crippen molar-refractivity contribution in [2.24, 2.45) is 0 Å². The molecule has 0 radical (unpaired) electrons. The third-order valence-electron chi connectivity index (χ3n) is 7.38. The minimum absolute atomic E-state index is 0.0000451. The minimum atomic E-state index is -3.96. The molecule has 2 amide bonds. The van der Waals surface area contributed by atoms with Crippen LogP contribution in [-0.4, -0.2) is 50.0 Å². The van der Waals surface area contributed by atoms with Gasteiger partial charge in [-0.3, -0.25) is 13.9 Å². The van der Waals surface area contributed by atoms with Crippen molar-refractivity contribution in [3.05, 3.63) is 99.0 Å². The van der Waals surface area contributed by atoms with Crippen molar-refractivity contribution in [2.45, 2.75) is 57.2 Å². The number of benzene rings is 3. The lowest BCUT2D eigenvalue weighted by molar-refractivity contribution is -0.140. The van der Waals surface area contributed by atoms with Crippen LogP contribution in [-0.2, 0) is 32.6 Å². The van der Waals surface area contributed by atoms with Gasteiger partial charge in [0.1, 0.15) is 12.6 Å². The van der Waals surface area contributed by atoms with Crippen molar-refractivity contribution in [1.29, 1.82) is 0 Å². The lowest BCUT2D eigenvalue weighted by Gasteiger charge is -2.35. The summed E-state index contributed by atoms with van der Waals surface area (Å²) in [7, 11) is -3.96. The van der Waals surface area contributed by atoms with Gasteiger partial charge in [0.2, 0.25) is 21.8 Å². The third kappa shape index (κ3) is 8.63. The molecule has 0 spiro atoms. The van der Waals surface area contributed by atoms with Gasteiger partial charge in [-0.25, -0.2) is 8.42 Å². The average molecular weight is 651 g/mol. The smallest absolute Gasteiger partial charge is 0.244 e. The topological polar surface area (TPSA) is 86.8 Å². The molecule has 42 heavy (non-hydrogen) atoms. The van der Waals surface area contributed by atoms with E-state index in [1.165, 1.54) is 23.1 Å². The molecule has 3 aromatic carbocycles. The molecule has 0 aliphatic heterocycles. The van der Waals surface area contributed by atoms with E-state index in [9.17, 15) is 18.0 Å². The van der Waals surface area contributed by atoms with Crippen LogP contribution >= 0.6 is 34.8 Å². The maximum atomic E-state index is 14.2. The van der Waals surface area contributed by atoms with E-state index in [0.717, 1.165) is 48.2 Å². The number of carbonyl (C=O) groups is 2. The first-order chi connectivity index (χ1) is 20.0. The molecule has 0 heterocycles. The molecular weight excluding hydrogens is 617 g/mol. The third-order valence-corrected chi connectivity index (χ3v) is 9.41. The number of anilines is 1. The molecule has 224 valence electrons. The normalized spacial score (nSPS) is 14.7. The Hall–Kier alpha value is -2.78. The Morgan fingerprint density at radius 1 is 0.905 bits per heavy atom. The highest BCUT2D eigenvalue weighted by atomic mass is 35.5. The zero-order chi connectivity index (χ0) is 30.3. The predicted octanol–water partition coefficient (Wildman–Crippen LogP) is 6.50. The molecule has 1 fully saturated rings. The minimum Gasteiger partial charge on any atom is -0.352 e.